The highest BCUT2D eigenvalue weighted by atomic mass is 32.2. The van der Waals surface area contributed by atoms with E-state index in [0.717, 1.165) is 0 Å². The molecule has 0 heterocycles. The third kappa shape index (κ3) is 5.19. The van der Waals surface area contributed by atoms with E-state index in [4.69, 9.17) is 5.11 Å². The highest BCUT2D eigenvalue weighted by molar-refractivity contribution is 7.90. The van der Waals surface area contributed by atoms with Gasteiger partial charge in [0.25, 0.3) is 10.0 Å². The van der Waals surface area contributed by atoms with E-state index in [1.807, 2.05) is 0 Å². The van der Waals surface area contributed by atoms with Gasteiger partial charge in [-0.15, -0.1) is 0 Å². The summed E-state index contributed by atoms with van der Waals surface area (Å²) in [5.41, 5.74) is 0. The van der Waals surface area contributed by atoms with E-state index in [2.05, 4.69) is 0 Å². The molecule has 0 aliphatic carbocycles. The summed E-state index contributed by atoms with van der Waals surface area (Å²) in [5.74, 6) is -32.2. The summed E-state index contributed by atoms with van der Waals surface area (Å²) in [4.78, 5) is 0. The lowest BCUT2D eigenvalue weighted by Gasteiger charge is -2.39. The van der Waals surface area contributed by atoms with Gasteiger partial charge < -0.3 is 9.59 Å². The first-order valence-electron chi connectivity index (χ1n) is 8.15. The fourth-order valence-corrected chi connectivity index (χ4v) is 3.17. The van der Waals surface area contributed by atoms with Crippen LogP contribution in [0.1, 0.15) is 6.42 Å². The number of aliphatic hydroxyl groups excluding tert-OH is 1. The topological polar surface area (TPSA) is 66.4 Å². The van der Waals surface area contributed by atoms with Crippen molar-refractivity contribution in [3.63, 3.8) is 0 Å². The minimum absolute atomic E-state index is 0.0513. The van der Waals surface area contributed by atoms with Crippen molar-refractivity contribution in [2.24, 2.45) is 0 Å². The second-order valence-electron chi connectivity index (χ2n) is 7.17. The third-order valence-electron chi connectivity index (χ3n) is 4.18. The minimum atomic E-state index is -8.18. The van der Waals surface area contributed by atoms with Crippen molar-refractivity contribution in [1.82, 2.24) is 4.72 Å². The lowest BCUT2D eigenvalue weighted by molar-refractivity contribution is -0.890. The molecule has 19 heteroatoms. The zero-order valence-electron chi connectivity index (χ0n) is 16.1. The molecule has 0 spiro atoms. The fourth-order valence-electron chi connectivity index (χ4n) is 2.11. The molecule has 0 fully saturated rings. The van der Waals surface area contributed by atoms with Crippen LogP contribution in [0.2, 0.25) is 0 Å². The molecule has 0 bridgehead atoms. The van der Waals surface area contributed by atoms with Crippen LogP contribution < -0.4 is 4.72 Å². The van der Waals surface area contributed by atoms with Crippen LogP contribution in [-0.4, -0.2) is 93.5 Å². The molecule has 0 aliphatic rings. The SMILES string of the molecule is C[N+](C)(CCO)CCCNS(=O)(=O)C(F)(F)C(F)(F)C(F)(F)C(F)(F)C(F)(F)C(F)(F)F. The zero-order chi connectivity index (χ0) is 26.2. The summed E-state index contributed by atoms with van der Waals surface area (Å²) in [6.07, 6.45) is -8.03. The number of hydrogen-bond acceptors (Lipinski definition) is 3. The van der Waals surface area contributed by atoms with Crippen molar-refractivity contribution >= 4 is 10.0 Å². The molecule has 0 saturated carbocycles. The van der Waals surface area contributed by atoms with E-state index >= 15 is 0 Å². The highest BCUT2D eigenvalue weighted by Crippen LogP contribution is 2.60. The highest BCUT2D eigenvalue weighted by Gasteiger charge is 2.92. The molecule has 0 unspecified atom stereocenters. The average molecular weight is 529 g/mol. The first kappa shape index (κ1) is 30.9. The molecule has 0 aromatic carbocycles. The van der Waals surface area contributed by atoms with Crippen molar-refractivity contribution in [3.05, 3.63) is 0 Å². The predicted octanol–water partition coefficient (Wildman–Crippen LogP) is 3.06. The Hall–Kier alpha value is -1.08. The second kappa shape index (κ2) is 8.94. The number of halogens is 13. The number of nitrogens with one attached hydrogen (secondary N) is 1. The summed E-state index contributed by atoms with van der Waals surface area (Å²) in [5, 5.41) is 1.52. The molecular weight excluding hydrogens is 511 g/mol. The van der Waals surface area contributed by atoms with Gasteiger partial charge in [-0.05, 0) is 0 Å². The van der Waals surface area contributed by atoms with Crippen LogP contribution in [0, 0.1) is 0 Å². The largest absolute Gasteiger partial charge is 0.460 e. The van der Waals surface area contributed by atoms with Crippen LogP contribution in [-0.2, 0) is 10.0 Å². The Kier molecular flexibility index (Phi) is 8.63. The van der Waals surface area contributed by atoms with Gasteiger partial charge >= 0.3 is 35.1 Å². The normalized spacial score (nSPS) is 15.9. The molecule has 194 valence electrons. The molecule has 0 aliphatic heterocycles. The Morgan fingerprint density at radius 2 is 1.12 bits per heavy atom. The van der Waals surface area contributed by atoms with Gasteiger partial charge in [-0.2, -0.15) is 57.1 Å². The van der Waals surface area contributed by atoms with E-state index < -0.39 is 58.1 Å². The Bertz CT molecular complexity index is 751. The molecule has 32 heavy (non-hydrogen) atoms. The van der Waals surface area contributed by atoms with Gasteiger partial charge in [-0.1, -0.05) is 0 Å². The van der Waals surface area contributed by atoms with Crippen LogP contribution in [0.5, 0.6) is 0 Å². The van der Waals surface area contributed by atoms with Gasteiger partial charge in [-0.3, -0.25) is 0 Å². The van der Waals surface area contributed by atoms with Crippen LogP contribution in [0.3, 0.4) is 0 Å². The van der Waals surface area contributed by atoms with Gasteiger partial charge in [0.15, 0.2) is 0 Å². The predicted molar refractivity (Wildman–Crippen MR) is 81.3 cm³/mol. The van der Waals surface area contributed by atoms with Crippen LogP contribution in [0.4, 0.5) is 57.1 Å². The molecule has 0 aromatic heterocycles. The van der Waals surface area contributed by atoms with Crippen molar-refractivity contribution in [1.29, 1.82) is 0 Å². The second-order valence-corrected chi connectivity index (χ2v) is 8.98. The maximum atomic E-state index is 13.7. The molecule has 0 saturated heterocycles. The number of rotatable bonds is 12. The van der Waals surface area contributed by atoms with Crippen LogP contribution in [0.15, 0.2) is 0 Å². The molecule has 0 atom stereocenters. The van der Waals surface area contributed by atoms with Gasteiger partial charge in [-0.25, -0.2) is 13.1 Å². The van der Waals surface area contributed by atoms with E-state index in [0.29, 0.717) is 4.72 Å². The number of nitrogens with zero attached hydrogens (tertiary/aromatic N) is 1. The van der Waals surface area contributed by atoms with Gasteiger partial charge in [0.1, 0.15) is 6.54 Å². The molecule has 0 radical (unpaired) electrons. The molecule has 0 aromatic rings. The Labute approximate surface area is 172 Å². The molecule has 2 N–H and O–H groups in total. The van der Waals surface area contributed by atoms with Gasteiger partial charge in [0.2, 0.25) is 0 Å². The van der Waals surface area contributed by atoms with Crippen molar-refractivity contribution in [2.75, 3.05) is 40.3 Å². The Balaban J connectivity index is 5.92. The van der Waals surface area contributed by atoms with Crippen LogP contribution >= 0.6 is 0 Å². The smallest absolute Gasteiger partial charge is 0.391 e. The average Bonchev–Trinajstić information content (AvgIpc) is 2.56. The number of likely N-dealkylation sites (N-methyl/N-ethyl adjacent to an activating group) is 1. The van der Waals surface area contributed by atoms with E-state index in [-0.39, 0.29) is 24.2 Å². The first-order valence-corrected chi connectivity index (χ1v) is 9.63. The fraction of sp³-hybridized carbons (Fsp3) is 1.00. The van der Waals surface area contributed by atoms with E-state index in [1.165, 1.54) is 14.1 Å². The minimum Gasteiger partial charge on any atom is -0.391 e. The van der Waals surface area contributed by atoms with E-state index in [9.17, 15) is 65.5 Å². The Morgan fingerprint density at radius 1 is 0.719 bits per heavy atom. The summed E-state index contributed by atoms with van der Waals surface area (Å²) in [7, 11) is -4.12. The monoisotopic (exact) mass is 529 g/mol. The van der Waals surface area contributed by atoms with Crippen molar-refractivity contribution in [3.8, 4) is 0 Å². The summed E-state index contributed by atoms with van der Waals surface area (Å²) in [6, 6.07) is 0. The molecule has 0 amide bonds. The number of sulfonamides is 1. The maximum Gasteiger partial charge on any atom is 0.460 e. The summed E-state index contributed by atoms with van der Waals surface area (Å²) >= 11 is 0. The number of hydrogen-bond donors (Lipinski definition) is 2. The van der Waals surface area contributed by atoms with Crippen molar-refractivity contribution < 1.29 is 75.1 Å². The zero-order valence-corrected chi connectivity index (χ0v) is 16.9. The Morgan fingerprint density at radius 3 is 1.50 bits per heavy atom. The maximum absolute atomic E-state index is 13.7. The number of aliphatic hydroxyl groups is 1. The standard InChI is InChI=1S/C13H18F13N2O3S/c1-28(2,6-7-29)5-3-4-27-32(30,31)13(25,26)11(20,21)9(16,17)8(14,15)10(18,19)12(22,23)24/h27,29H,3-7H2,1-2H3/q+1. The number of alkyl halides is 13. The molecular formula is C13H18F13N2O3S+. The van der Waals surface area contributed by atoms with Gasteiger partial charge in [0, 0.05) is 13.0 Å². The first-order chi connectivity index (χ1) is 13.8. The lowest BCUT2D eigenvalue weighted by Crippen LogP contribution is -2.71. The number of quaternary nitrogens is 1. The van der Waals surface area contributed by atoms with Crippen molar-refractivity contribution in [2.45, 2.75) is 41.5 Å². The lowest BCUT2D eigenvalue weighted by atomic mass is 9.98. The van der Waals surface area contributed by atoms with E-state index in [1.54, 1.807) is 0 Å². The summed E-state index contributed by atoms with van der Waals surface area (Å²) in [6.45, 7) is -1.61. The molecule has 0 rings (SSSR count). The third-order valence-corrected chi connectivity index (χ3v) is 5.70. The van der Waals surface area contributed by atoms with Gasteiger partial charge in [0.05, 0.1) is 27.2 Å². The summed E-state index contributed by atoms with van der Waals surface area (Å²) < 4.78 is 192. The van der Waals surface area contributed by atoms with Crippen LogP contribution in [0.25, 0.3) is 0 Å². The quantitative estimate of drug-likeness (QED) is 0.232. The molecule has 5 nitrogen and oxygen atoms in total.